The van der Waals surface area contributed by atoms with E-state index >= 15 is 0 Å². The highest BCUT2D eigenvalue weighted by molar-refractivity contribution is 7.80. The molecule has 0 saturated carbocycles. The van der Waals surface area contributed by atoms with E-state index in [0.29, 0.717) is 39.8 Å². The van der Waals surface area contributed by atoms with Gasteiger partial charge in [0.2, 0.25) is 5.91 Å². The molecule has 1 heterocycles. The number of hydrogen-bond acceptors (Lipinski definition) is 7. The Hall–Kier alpha value is -4.70. The van der Waals surface area contributed by atoms with Gasteiger partial charge in [-0.3, -0.25) is 24.6 Å². The van der Waals surface area contributed by atoms with Gasteiger partial charge in [0.05, 0.1) is 19.9 Å². The van der Waals surface area contributed by atoms with E-state index in [0.717, 1.165) is 0 Å². The standard InChI is InChI=1S/C28H25N3O6S/c1-17(32)29-20-8-10-22(11-9-20)37-16-19-13-18(7-12-25(19)36-3)14-24-26(33)30-28(38)31(27(24)34)21-5-4-6-23(15-21)35-2/h4-15H,16H2,1-3H3,(H,29,32)(H,30,33,38)/b24-14-. The number of carbonyl (C=O) groups excluding carboxylic acids is 3. The third kappa shape index (κ3) is 5.98. The van der Waals surface area contributed by atoms with E-state index < -0.39 is 11.8 Å². The minimum atomic E-state index is -0.591. The van der Waals surface area contributed by atoms with Gasteiger partial charge in [-0.1, -0.05) is 12.1 Å². The van der Waals surface area contributed by atoms with Crippen LogP contribution in [0.25, 0.3) is 6.08 Å². The largest absolute Gasteiger partial charge is 0.497 e. The first kappa shape index (κ1) is 26.4. The molecule has 0 aliphatic carbocycles. The zero-order valence-electron chi connectivity index (χ0n) is 20.9. The number of rotatable bonds is 8. The van der Waals surface area contributed by atoms with Crippen molar-refractivity contribution < 1.29 is 28.6 Å². The topological polar surface area (TPSA) is 106 Å². The number of methoxy groups -OCH3 is 2. The number of amides is 3. The minimum Gasteiger partial charge on any atom is -0.497 e. The molecule has 10 heteroatoms. The molecule has 1 fully saturated rings. The Morgan fingerprint density at radius 3 is 2.45 bits per heavy atom. The smallest absolute Gasteiger partial charge is 0.270 e. The maximum Gasteiger partial charge on any atom is 0.270 e. The van der Waals surface area contributed by atoms with E-state index in [1.165, 1.54) is 25.0 Å². The Kier molecular flexibility index (Phi) is 8.03. The second kappa shape index (κ2) is 11.6. The van der Waals surface area contributed by atoms with Crippen LogP contribution < -0.4 is 29.7 Å². The summed E-state index contributed by atoms with van der Waals surface area (Å²) < 4.78 is 16.6. The fourth-order valence-electron chi connectivity index (χ4n) is 3.81. The predicted octanol–water partition coefficient (Wildman–Crippen LogP) is 4.07. The Morgan fingerprint density at radius 2 is 1.76 bits per heavy atom. The van der Waals surface area contributed by atoms with Crippen LogP contribution >= 0.6 is 12.2 Å². The summed E-state index contributed by atoms with van der Waals surface area (Å²) in [5.41, 5.74) is 2.36. The highest BCUT2D eigenvalue weighted by atomic mass is 32.1. The van der Waals surface area contributed by atoms with Crippen LogP contribution in [0.1, 0.15) is 18.1 Å². The summed E-state index contributed by atoms with van der Waals surface area (Å²) in [7, 11) is 3.07. The van der Waals surface area contributed by atoms with Crippen molar-refractivity contribution >= 4 is 52.5 Å². The number of carbonyl (C=O) groups is 3. The first-order chi connectivity index (χ1) is 18.3. The summed E-state index contributed by atoms with van der Waals surface area (Å²) in [4.78, 5) is 38.5. The van der Waals surface area contributed by atoms with Crippen LogP contribution in [0, 0.1) is 0 Å². The highest BCUT2D eigenvalue weighted by Gasteiger charge is 2.34. The zero-order valence-corrected chi connectivity index (χ0v) is 21.8. The van der Waals surface area contributed by atoms with Crippen molar-refractivity contribution in [2.24, 2.45) is 0 Å². The monoisotopic (exact) mass is 531 g/mol. The number of benzene rings is 3. The molecule has 38 heavy (non-hydrogen) atoms. The lowest BCUT2D eigenvalue weighted by molar-refractivity contribution is -0.122. The minimum absolute atomic E-state index is 0.0151. The summed E-state index contributed by atoms with van der Waals surface area (Å²) >= 11 is 5.27. The molecule has 1 saturated heterocycles. The van der Waals surface area contributed by atoms with Gasteiger partial charge in [-0.25, -0.2) is 0 Å². The quantitative estimate of drug-likeness (QED) is 0.256. The van der Waals surface area contributed by atoms with Crippen molar-refractivity contribution in [1.29, 1.82) is 0 Å². The van der Waals surface area contributed by atoms with Crippen LogP contribution in [0.15, 0.2) is 72.3 Å². The summed E-state index contributed by atoms with van der Waals surface area (Å²) in [5, 5.41) is 5.26. The molecule has 3 aromatic rings. The van der Waals surface area contributed by atoms with Gasteiger partial charge in [-0.15, -0.1) is 0 Å². The van der Waals surface area contributed by atoms with Crippen molar-refractivity contribution in [2.75, 3.05) is 24.4 Å². The lowest BCUT2D eigenvalue weighted by Gasteiger charge is -2.29. The number of hydrogen-bond donors (Lipinski definition) is 2. The van der Waals surface area contributed by atoms with Crippen LogP contribution in [-0.4, -0.2) is 37.1 Å². The van der Waals surface area contributed by atoms with E-state index in [-0.39, 0.29) is 23.2 Å². The molecule has 9 nitrogen and oxygen atoms in total. The molecule has 0 bridgehead atoms. The Morgan fingerprint density at radius 1 is 1.00 bits per heavy atom. The molecule has 3 amide bonds. The van der Waals surface area contributed by atoms with Crippen LogP contribution in [0.4, 0.5) is 11.4 Å². The highest BCUT2D eigenvalue weighted by Crippen LogP contribution is 2.27. The molecular weight excluding hydrogens is 506 g/mol. The van der Waals surface area contributed by atoms with E-state index in [2.05, 4.69) is 10.6 Å². The third-order valence-corrected chi connectivity index (χ3v) is 5.88. The van der Waals surface area contributed by atoms with Crippen molar-refractivity contribution in [1.82, 2.24) is 5.32 Å². The summed E-state index contributed by atoms with van der Waals surface area (Å²) in [6, 6.07) is 19.0. The average Bonchev–Trinajstić information content (AvgIpc) is 2.90. The molecule has 194 valence electrons. The molecule has 0 aromatic heterocycles. The van der Waals surface area contributed by atoms with E-state index in [1.54, 1.807) is 73.8 Å². The van der Waals surface area contributed by atoms with Crippen molar-refractivity contribution in [3.05, 3.63) is 83.4 Å². The van der Waals surface area contributed by atoms with Gasteiger partial charge >= 0.3 is 0 Å². The number of anilines is 2. The molecule has 0 radical (unpaired) electrons. The zero-order chi connectivity index (χ0) is 27.2. The lowest BCUT2D eigenvalue weighted by Crippen LogP contribution is -2.54. The summed E-state index contributed by atoms with van der Waals surface area (Å²) in [5.74, 6) is 0.416. The molecule has 3 aromatic carbocycles. The molecule has 0 spiro atoms. The maximum absolute atomic E-state index is 13.4. The first-order valence-corrected chi connectivity index (χ1v) is 11.9. The van der Waals surface area contributed by atoms with Crippen LogP contribution in [0.5, 0.6) is 17.2 Å². The number of nitrogens with zero attached hydrogens (tertiary/aromatic N) is 1. The molecular formula is C28H25N3O6S. The normalized spacial score (nSPS) is 14.2. The summed E-state index contributed by atoms with van der Waals surface area (Å²) in [6.45, 7) is 1.61. The maximum atomic E-state index is 13.4. The van der Waals surface area contributed by atoms with Crippen molar-refractivity contribution in [3.8, 4) is 17.2 Å². The van der Waals surface area contributed by atoms with E-state index in [4.69, 9.17) is 26.4 Å². The number of nitrogens with one attached hydrogen (secondary N) is 2. The second-order valence-corrected chi connectivity index (χ2v) is 8.61. The van der Waals surface area contributed by atoms with Gasteiger partial charge in [0.1, 0.15) is 29.4 Å². The van der Waals surface area contributed by atoms with E-state index in [1.807, 2.05) is 0 Å². The van der Waals surface area contributed by atoms with Gasteiger partial charge in [-0.05, 0) is 72.4 Å². The van der Waals surface area contributed by atoms with Gasteiger partial charge in [-0.2, -0.15) is 0 Å². The van der Waals surface area contributed by atoms with Crippen molar-refractivity contribution in [3.63, 3.8) is 0 Å². The molecule has 4 rings (SSSR count). The lowest BCUT2D eigenvalue weighted by atomic mass is 10.0. The van der Waals surface area contributed by atoms with Crippen molar-refractivity contribution in [2.45, 2.75) is 13.5 Å². The van der Waals surface area contributed by atoms with Gasteiger partial charge in [0.15, 0.2) is 5.11 Å². The molecule has 0 unspecified atom stereocenters. The van der Waals surface area contributed by atoms with Crippen LogP contribution in [0.2, 0.25) is 0 Å². The summed E-state index contributed by atoms with van der Waals surface area (Å²) in [6.07, 6.45) is 1.50. The second-order valence-electron chi connectivity index (χ2n) is 8.22. The van der Waals surface area contributed by atoms with Gasteiger partial charge in [0, 0.05) is 24.2 Å². The Bertz CT molecular complexity index is 1430. The number of ether oxygens (including phenoxy) is 3. The predicted molar refractivity (Wildman–Crippen MR) is 147 cm³/mol. The van der Waals surface area contributed by atoms with Gasteiger partial charge in [0.25, 0.3) is 11.8 Å². The van der Waals surface area contributed by atoms with Crippen LogP contribution in [0.3, 0.4) is 0 Å². The SMILES string of the molecule is COc1cccc(N2C(=O)/C(=C\c3ccc(OC)c(COc4ccc(NC(C)=O)cc4)c3)C(=O)NC2=S)c1. The molecule has 2 N–H and O–H groups in total. The van der Waals surface area contributed by atoms with Gasteiger partial charge < -0.3 is 19.5 Å². The third-order valence-electron chi connectivity index (χ3n) is 5.60. The molecule has 0 atom stereocenters. The first-order valence-electron chi connectivity index (χ1n) is 11.5. The fraction of sp³-hybridized carbons (Fsp3) is 0.143. The Balaban J connectivity index is 1.58. The van der Waals surface area contributed by atoms with E-state index in [9.17, 15) is 14.4 Å². The molecule has 1 aliphatic rings. The average molecular weight is 532 g/mol. The number of thiocarbonyl (C=S) groups is 1. The fourth-order valence-corrected chi connectivity index (χ4v) is 4.09. The van der Waals surface area contributed by atoms with Crippen LogP contribution in [-0.2, 0) is 21.0 Å². The Labute approximate surface area is 225 Å². The molecule has 1 aliphatic heterocycles.